The zero-order valence-corrected chi connectivity index (χ0v) is 17.2. The number of nitrogens with zero attached hydrogens (tertiary/aromatic N) is 2. The number of aliphatic imine (C=N–C) groups is 1. The molecule has 3 N–H and O–H groups in total. The lowest BCUT2D eigenvalue weighted by Crippen LogP contribution is -2.42. The summed E-state index contributed by atoms with van der Waals surface area (Å²) < 4.78 is 0. The van der Waals surface area contributed by atoms with E-state index in [0.29, 0.717) is 12.5 Å². The number of guanidine groups is 1. The first kappa shape index (κ1) is 20.0. The van der Waals surface area contributed by atoms with Gasteiger partial charge in [0.15, 0.2) is 5.96 Å². The smallest absolute Gasteiger partial charge is 0.227 e. The Hall–Kier alpha value is -1.31. The summed E-state index contributed by atoms with van der Waals surface area (Å²) in [5.74, 6) is 1.75. The van der Waals surface area contributed by atoms with E-state index >= 15 is 0 Å². The molecule has 1 aromatic rings. The third kappa shape index (κ3) is 5.59. The van der Waals surface area contributed by atoms with Gasteiger partial charge in [0.05, 0.1) is 6.54 Å². The van der Waals surface area contributed by atoms with E-state index in [4.69, 9.17) is 5.73 Å². The van der Waals surface area contributed by atoms with Gasteiger partial charge in [0.1, 0.15) is 0 Å². The number of anilines is 1. The van der Waals surface area contributed by atoms with Gasteiger partial charge in [-0.3, -0.25) is 4.79 Å². The third-order valence-corrected chi connectivity index (χ3v) is 5.20. The summed E-state index contributed by atoms with van der Waals surface area (Å²) >= 11 is 0. The molecule has 1 amide bonds. The van der Waals surface area contributed by atoms with Gasteiger partial charge in [0, 0.05) is 24.7 Å². The van der Waals surface area contributed by atoms with Gasteiger partial charge in [-0.1, -0.05) is 25.5 Å². The van der Waals surface area contributed by atoms with Gasteiger partial charge in [-0.15, -0.1) is 24.0 Å². The van der Waals surface area contributed by atoms with Crippen LogP contribution in [0, 0.1) is 11.8 Å². The molecule has 0 aromatic heterocycles. The fourth-order valence-electron chi connectivity index (χ4n) is 3.17. The molecule has 0 atom stereocenters. The molecule has 1 saturated carbocycles. The first-order valence-corrected chi connectivity index (χ1v) is 9.06. The summed E-state index contributed by atoms with van der Waals surface area (Å²) in [6.45, 7) is 4.82. The molecule has 2 fully saturated rings. The van der Waals surface area contributed by atoms with Crippen molar-refractivity contribution in [3.8, 4) is 0 Å². The molecule has 6 heteroatoms. The third-order valence-electron chi connectivity index (χ3n) is 5.20. The molecule has 1 aliphatic carbocycles. The molecule has 3 rings (SSSR count). The highest BCUT2D eigenvalue weighted by molar-refractivity contribution is 14.0. The summed E-state index contributed by atoms with van der Waals surface area (Å²) in [4.78, 5) is 18.7. The maximum atomic E-state index is 12.0. The Balaban J connectivity index is 0.00000225. The highest BCUT2D eigenvalue weighted by Crippen LogP contribution is 2.27. The predicted octanol–water partition coefficient (Wildman–Crippen LogP) is 3.59. The van der Waals surface area contributed by atoms with Crippen molar-refractivity contribution in [2.45, 2.75) is 45.6 Å². The summed E-state index contributed by atoms with van der Waals surface area (Å²) in [5.41, 5.74) is 8.05. The normalized spacial score (nSPS) is 19.1. The first-order valence-electron chi connectivity index (χ1n) is 9.06. The van der Waals surface area contributed by atoms with E-state index in [-0.39, 0.29) is 35.8 Å². The number of nitrogens with two attached hydrogens (primary N) is 1. The number of likely N-dealkylation sites (tertiary alicyclic amines) is 1. The number of piperidine rings is 1. The molecule has 1 aliphatic heterocycles. The van der Waals surface area contributed by atoms with E-state index in [1.54, 1.807) is 0 Å². The first-order chi connectivity index (χ1) is 11.6. The van der Waals surface area contributed by atoms with Gasteiger partial charge in [-0.05, 0) is 49.3 Å². The Labute approximate surface area is 167 Å². The van der Waals surface area contributed by atoms with Crippen molar-refractivity contribution in [2.24, 2.45) is 22.6 Å². The van der Waals surface area contributed by atoms with E-state index < -0.39 is 0 Å². The average Bonchev–Trinajstić information content (AvgIpc) is 2.52. The van der Waals surface area contributed by atoms with E-state index in [9.17, 15) is 4.79 Å². The van der Waals surface area contributed by atoms with Gasteiger partial charge in [0.25, 0.3) is 0 Å². The quantitative estimate of drug-likeness (QED) is 0.413. The zero-order chi connectivity index (χ0) is 16.9. The standard InChI is InChI=1S/C19H28N4O.HI/c1-14-8-10-23(11-9-14)19(20)21-13-15-4-2-7-17(12-15)22-18(24)16-5-3-6-16;/h2,4,7,12,14,16H,3,5-6,8-11,13H2,1H3,(H2,20,21)(H,22,24);1H. The van der Waals surface area contributed by atoms with Crippen LogP contribution in [-0.4, -0.2) is 29.9 Å². The van der Waals surface area contributed by atoms with Crippen LogP contribution in [0.1, 0.15) is 44.6 Å². The number of hydrogen-bond acceptors (Lipinski definition) is 2. The lowest BCUT2D eigenvalue weighted by molar-refractivity contribution is -0.122. The largest absolute Gasteiger partial charge is 0.370 e. The second-order valence-corrected chi connectivity index (χ2v) is 7.16. The molecule has 0 bridgehead atoms. The monoisotopic (exact) mass is 456 g/mol. The number of nitrogens with one attached hydrogen (secondary N) is 1. The van der Waals surface area contributed by atoms with Gasteiger partial charge >= 0.3 is 0 Å². The molecule has 1 aromatic carbocycles. The lowest BCUT2D eigenvalue weighted by atomic mass is 9.85. The number of hydrogen-bond donors (Lipinski definition) is 2. The molecule has 1 heterocycles. The van der Waals surface area contributed by atoms with Crippen molar-refractivity contribution in [3.05, 3.63) is 29.8 Å². The molecule has 0 spiro atoms. The van der Waals surface area contributed by atoms with Crippen molar-refractivity contribution >= 4 is 41.5 Å². The molecule has 1 saturated heterocycles. The van der Waals surface area contributed by atoms with Gasteiger partial charge in [0.2, 0.25) is 5.91 Å². The average molecular weight is 456 g/mol. The summed E-state index contributed by atoms with van der Waals surface area (Å²) in [7, 11) is 0. The summed E-state index contributed by atoms with van der Waals surface area (Å²) in [6.07, 6.45) is 5.56. The Kier molecular flexibility index (Phi) is 7.53. The fourth-order valence-corrected chi connectivity index (χ4v) is 3.17. The predicted molar refractivity (Wildman–Crippen MR) is 113 cm³/mol. The van der Waals surface area contributed by atoms with Crippen LogP contribution in [0.4, 0.5) is 5.69 Å². The maximum Gasteiger partial charge on any atom is 0.227 e. The Morgan fingerprint density at radius 2 is 2.00 bits per heavy atom. The Morgan fingerprint density at radius 3 is 2.64 bits per heavy atom. The van der Waals surface area contributed by atoms with Gasteiger partial charge < -0.3 is 16.0 Å². The Morgan fingerprint density at radius 1 is 1.28 bits per heavy atom. The van der Waals surface area contributed by atoms with Gasteiger partial charge in [-0.2, -0.15) is 0 Å². The maximum absolute atomic E-state index is 12.0. The minimum absolute atomic E-state index is 0. The minimum atomic E-state index is 0. The molecular formula is C19H29IN4O. The van der Waals surface area contributed by atoms with Crippen molar-refractivity contribution in [1.82, 2.24) is 4.90 Å². The van der Waals surface area contributed by atoms with E-state index in [0.717, 1.165) is 43.1 Å². The van der Waals surface area contributed by atoms with Crippen molar-refractivity contribution in [1.29, 1.82) is 0 Å². The second kappa shape index (κ2) is 9.40. The van der Waals surface area contributed by atoms with E-state index in [1.807, 2.05) is 24.3 Å². The number of benzene rings is 1. The van der Waals surface area contributed by atoms with E-state index in [1.165, 1.54) is 19.3 Å². The van der Waals surface area contributed by atoms with Gasteiger partial charge in [-0.25, -0.2) is 4.99 Å². The van der Waals surface area contributed by atoms with Crippen LogP contribution in [0.25, 0.3) is 0 Å². The van der Waals surface area contributed by atoms with Crippen LogP contribution < -0.4 is 11.1 Å². The number of halogens is 1. The molecular weight excluding hydrogens is 427 g/mol. The molecule has 138 valence electrons. The van der Waals surface area contributed by atoms with Crippen LogP contribution >= 0.6 is 24.0 Å². The topological polar surface area (TPSA) is 70.7 Å². The number of rotatable bonds is 4. The van der Waals surface area contributed by atoms with Crippen LogP contribution in [0.3, 0.4) is 0 Å². The number of carbonyl (C=O) groups is 1. The molecule has 0 radical (unpaired) electrons. The van der Waals surface area contributed by atoms with Crippen LogP contribution in [0.2, 0.25) is 0 Å². The van der Waals surface area contributed by atoms with E-state index in [2.05, 4.69) is 22.1 Å². The van der Waals surface area contributed by atoms with Crippen LogP contribution in [-0.2, 0) is 11.3 Å². The molecule has 25 heavy (non-hydrogen) atoms. The number of carbonyl (C=O) groups excluding carboxylic acids is 1. The summed E-state index contributed by atoms with van der Waals surface area (Å²) in [6, 6.07) is 7.90. The number of amides is 1. The minimum Gasteiger partial charge on any atom is -0.370 e. The SMILES string of the molecule is CC1CCN(C(N)=NCc2cccc(NC(=O)C3CCC3)c2)CC1.I. The lowest BCUT2D eigenvalue weighted by Gasteiger charge is -2.31. The van der Waals surface area contributed by atoms with Crippen LogP contribution in [0.5, 0.6) is 0 Å². The highest BCUT2D eigenvalue weighted by Gasteiger charge is 2.25. The molecule has 2 aliphatic rings. The highest BCUT2D eigenvalue weighted by atomic mass is 127. The van der Waals surface area contributed by atoms with Crippen molar-refractivity contribution in [3.63, 3.8) is 0 Å². The molecule has 5 nitrogen and oxygen atoms in total. The molecule has 0 unspecified atom stereocenters. The zero-order valence-electron chi connectivity index (χ0n) is 14.9. The fraction of sp³-hybridized carbons (Fsp3) is 0.579. The Bertz CT molecular complexity index is 607. The second-order valence-electron chi connectivity index (χ2n) is 7.16. The van der Waals surface area contributed by atoms with Crippen molar-refractivity contribution < 1.29 is 4.79 Å². The van der Waals surface area contributed by atoms with Crippen molar-refractivity contribution in [2.75, 3.05) is 18.4 Å². The summed E-state index contributed by atoms with van der Waals surface area (Å²) in [5, 5.41) is 3.01. The van der Waals surface area contributed by atoms with Crippen LogP contribution in [0.15, 0.2) is 29.3 Å².